The van der Waals surface area contributed by atoms with Crippen LogP contribution in [0, 0.1) is 23.6 Å². The molecule has 0 aromatic heterocycles. The predicted octanol–water partition coefficient (Wildman–Crippen LogP) is 4.12. The lowest BCUT2D eigenvalue weighted by Gasteiger charge is -2.33. The maximum atomic E-state index is 14.5. The van der Waals surface area contributed by atoms with Crippen LogP contribution in [0.1, 0.15) is 86.5 Å². The highest BCUT2D eigenvalue weighted by Gasteiger charge is 2.63. The van der Waals surface area contributed by atoms with Crippen LogP contribution >= 0.6 is 0 Å². The highest BCUT2D eigenvalue weighted by Crippen LogP contribution is 2.47. The quantitative estimate of drug-likeness (QED) is 0.310. The molecule has 1 aromatic rings. The molecule has 2 aliphatic heterocycles. The fourth-order valence-corrected chi connectivity index (χ4v) is 8.18. The number of anilines is 1. The molecular formula is C36H50FN5O9S. The van der Waals surface area contributed by atoms with Gasteiger partial charge in [-0.05, 0) is 102 Å². The molecule has 14 nitrogen and oxygen atoms in total. The molecule has 3 fully saturated rings. The summed E-state index contributed by atoms with van der Waals surface area (Å²) in [7, 11) is -4.03. The van der Waals surface area contributed by atoms with Crippen molar-refractivity contribution >= 4 is 45.6 Å². The van der Waals surface area contributed by atoms with Crippen LogP contribution in [0.3, 0.4) is 0 Å². The van der Waals surface area contributed by atoms with E-state index in [0.29, 0.717) is 25.7 Å². The lowest BCUT2D eigenvalue weighted by atomic mass is 9.88. The van der Waals surface area contributed by atoms with Crippen molar-refractivity contribution in [2.24, 2.45) is 17.8 Å². The number of allylic oxidation sites excluding steroid dienone is 1. The Labute approximate surface area is 304 Å². The van der Waals surface area contributed by atoms with Crippen LogP contribution in [-0.2, 0) is 33.9 Å². The molecule has 1 aromatic carbocycles. The number of sulfonamides is 1. The third-order valence-electron chi connectivity index (χ3n) is 10.3. The van der Waals surface area contributed by atoms with Crippen LogP contribution in [-0.4, -0.2) is 83.8 Å². The second-order valence-corrected chi connectivity index (χ2v) is 18.2. The smallest absolute Gasteiger partial charge is 0.411 e. The Morgan fingerprint density at radius 3 is 2.35 bits per heavy atom. The number of fused-ring (bicyclic) bond motifs is 2. The van der Waals surface area contributed by atoms with Crippen LogP contribution in [0.15, 0.2) is 36.4 Å². The average molecular weight is 748 g/mol. The molecule has 2 heterocycles. The highest BCUT2D eigenvalue weighted by atomic mass is 32.2. The Bertz CT molecular complexity index is 1710. The number of carbonyl (C=O) groups excluding carboxylic acids is 5. The van der Waals surface area contributed by atoms with Crippen LogP contribution in [0.2, 0.25) is 0 Å². The monoisotopic (exact) mass is 747 g/mol. The number of halogens is 1. The molecular weight excluding hydrogens is 697 g/mol. The number of benzene rings is 1. The van der Waals surface area contributed by atoms with E-state index in [-0.39, 0.29) is 31.0 Å². The standard InChI is InChI=1S/C36H50FN5O9S/c1-21-9-7-8-10-23-19-36(23,31(45)41-52(48,49)35(6)15-16-35)40-29(43)27-18-26(50-32(46)38-25-13-11-24(37)12-14-25)20-42(27)30(44)28(22(2)17-21)39-33(47)51-34(3,4)5/h8,10-14,21-23,26-28H,7,9,15-20H2,1-6H3,(H,38,46)(H,39,47)(H,40,43)(H,41,45)/b10-8-/t21-,22-,23-,26-,27+,28+,36-/m1/s1. The van der Waals surface area contributed by atoms with Crippen LogP contribution < -0.4 is 20.7 Å². The van der Waals surface area contributed by atoms with E-state index in [1.807, 2.05) is 26.0 Å². The lowest BCUT2D eigenvalue weighted by molar-refractivity contribution is -0.142. The minimum Gasteiger partial charge on any atom is -0.444 e. The summed E-state index contributed by atoms with van der Waals surface area (Å²) in [6.45, 7) is 10.3. The summed E-state index contributed by atoms with van der Waals surface area (Å²) < 4.78 is 51.8. The largest absolute Gasteiger partial charge is 0.444 e. The molecule has 2 aliphatic carbocycles. The molecule has 5 rings (SSSR count). The third-order valence-corrected chi connectivity index (χ3v) is 12.4. The molecule has 4 N–H and O–H groups in total. The molecule has 286 valence electrons. The van der Waals surface area contributed by atoms with Crippen molar-refractivity contribution in [1.29, 1.82) is 0 Å². The highest BCUT2D eigenvalue weighted by molar-refractivity contribution is 7.91. The predicted molar refractivity (Wildman–Crippen MR) is 189 cm³/mol. The topological polar surface area (TPSA) is 189 Å². The Morgan fingerprint density at radius 2 is 1.71 bits per heavy atom. The number of amides is 5. The first-order valence-electron chi connectivity index (χ1n) is 17.8. The first-order chi connectivity index (χ1) is 24.2. The van der Waals surface area contributed by atoms with Gasteiger partial charge in [-0.1, -0.05) is 26.0 Å². The number of hydrogen-bond acceptors (Lipinski definition) is 9. The van der Waals surface area contributed by atoms with Gasteiger partial charge in [-0.2, -0.15) is 0 Å². The van der Waals surface area contributed by atoms with Gasteiger partial charge in [-0.15, -0.1) is 0 Å². The van der Waals surface area contributed by atoms with E-state index in [4.69, 9.17) is 9.47 Å². The number of ether oxygens (including phenoxy) is 2. The summed E-state index contributed by atoms with van der Waals surface area (Å²) in [5.41, 5.74) is -2.19. The van der Waals surface area contributed by atoms with Gasteiger partial charge < -0.3 is 25.0 Å². The first-order valence-corrected chi connectivity index (χ1v) is 19.3. The number of hydrogen-bond donors (Lipinski definition) is 4. The van der Waals surface area contributed by atoms with E-state index in [2.05, 4.69) is 20.7 Å². The molecule has 7 atom stereocenters. The van der Waals surface area contributed by atoms with Gasteiger partial charge in [0.2, 0.25) is 21.8 Å². The van der Waals surface area contributed by atoms with Gasteiger partial charge in [0, 0.05) is 18.0 Å². The Hall–Kier alpha value is -4.21. The third kappa shape index (κ3) is 9.04. The van der Waals surface area contributed by atoms with Gasteiger partial charge in [0.25, 0.3) is 5.91 Å². The summed E-state index contributed by atoms with van der Waals surface area (Å²) in [5, 5.41) is 8.00. The first kappa shape index (κ1) is 39.0. The van der Waals surface area contributed by atoms with Crippen molar-refractivity contribution in [1.82, 2.24) is 20.3 Å². The Kier molecular flexibility index (Phi) is 11.0. The molecule has 5 amide bonds. The molecule has 0 unspecified atom stereocenters. The van der Waals surface area contributed by atoms with E-state index < -0.39 is 91.7 Å². The van der Waals surface area contributed by atoms with Crippen molar-refractivity contribution in [2.75, 3.05) is 11.9 Å². The molecule has 0 bridgehead atoms. The van der Waals surface area contributed by atoms with Crippen molar-refractivity contribution in [3.8, 4) is 0 Å². The van der Waals surface area contributed by atoms with Gasteiger partial charge in [-0.3, -0.25) is 24.4 Å². The molecule has 2 saturated carbocycles. The molecule has 0 radical (unpaired) electrons. The van der Waals surface area contributed by atoms with Gasteiger partial charge >= 0.3 is 12.2 Å². The zero-order valence-corrected chi connectivity index (χ0v) is 31.3. The second-order valence-electron chi connectivity index (χ2n) is 16.0. The lowest BCUT2D eigenvalue weighted by Crippen LogP contribution is -2.59. The maximum Gasteiger partial charge on any atom is 0.411 e. The van der Waals surface area contributed by atoms with E-state index in [9.17, 15) is 36.8 Å². The van der Waals surface area contributed by atoms with Crippen LogP contribution in [0.25, 0.3) is 0 Å². The van der Waals surface area contributed by atoms with Crippen molar-refractivity contribution < 1.29 is 46.3 Å². The summed E-state index contributed by atoms with van der Waals surface area (Å²) in [6, 6.07) is 2.62. The summed E-state index contributed by atoms with van der Waals surface area (Å²) in [4.78, 5) is 69.7. The fourth-order valence-electron chi connectivity index (χ4n) is 6.86. The zero-order chi connectivity index (χ0) is 38.2. The van der Waals surface area contributed by atoms with Crippen LogP contribution in [0.4, 0.5) is 19.7 Å². The van der Waals surface area contributed by atoms with E-state index >= 15 is 0 Å². The van der Waals surface area contributed by atoms with Crippen molar-refractivity contribution in [3.05, 3.63) is 42.2 Å². The molecule has 52 heavy (non-hydrogen) atoms. The van der Waals surface area contributed by atoms with Crippen molar-refractivity contribution in [3.63, 3.8) is 0 Å². The van der Waals surface area contributed by atoms with Gasteiger partial charge in [0.1, 0.15) is 35.1 Å². The summed E-state index contributed by atoms with van der Waals surface area (Å²) in [5.74, 6) is -3.52. The number of carbonyl (C=O) groups is 5. The Morgan fingerprint density at radius 1 is 1.04 bits per heavy atom. The molecule has 0 spiro atoms. The fraction of sp³-hybridized carbons (Fsp3) is 0.639. The van der Waals surface area contributed by atoms with E-state index in [1.165, 1.54) is 17.0 Å². The van der Waals surface area contributed by atoms with Gasteiger partial charge in [0.05, 0.1) is 11.3 Å². The van der Waals surface area contributed by atoms with Crippen molar-refractivity contribution in [2.45, 2.75) is 121 Å². The second kappa shape index (κ2) is 14.7. The minimum atomic E-state index is -4.03. The minimum absolute atomic E-state index is 0.109. The number of nitrogens with zero attached hydrogens (tertiary/aromatic N) is 1. The summed E-state index contributed by atoms with van der Waals surface area (Å²) in [6.07, 6.45) is 3.71. The van der Waals surface area contributed by atoms with Gasteiger partial charge in [0.15, 0.2) is 0 Å². The Balaban J connectivity index is 1.45. The van der Waals surface area contributed by atoms with Gasteiger partial charge in [-0.25, -0.2) is 22.4 Å². The molecule has 16 heteroatoms. The number of nitrogens with one attached hydrogen (secondary N) is 4. The molecule has 4 aliphatic rings. The van der Waals surface area contributed by atoms with E-state index in [1.54, 1.807) is 27.7 Å². The average Bonchev–Trinajstić information content (AvgIpc) is 3.91. The normalized spacial score (nSPS) is 30.9. The maximum absolute atomic E-state index is 14.5. The molecule has 1 saturated heterocycles. The van der Waals surface area contributed by atoms with Crippen LogP contribution in [0.5, 0.6) is 0 Å². The SMILES string of the molecule is C[C@@H]1CC/C=C\[C@@H]2C[C@@]2(C(=O)NS(=O)(=O)C2(C)CC2)NC(=O)[C@@H]2C[C@@H](OC(=O)Nc3ccc(F)cc3)CN2C(=O)[C@@H](NC(=O)OC(C)(C)C)[C@H](C)C1. The number of rotatable bonds is 6. The summed E-state index contributed by atoms with van der Waals surface area (Å²) >= 11 is 0. The number of alkyl carbamates (subject to hydrolysis) is 1. The zero-order valence-electron chi connectivity index (χ0n) is 30.5. The van der Waals surface area contributed by atoms with E-state index in [0.717, 1.165) is 18.6 Å².